The van der Waals surface area contributed by atoms with Crippen LogP contribution in [0.2, 0.25) is 0 Å². The van der Waals surface area contributed by atoms with Crippen molar-refractivity contribution in [3.63, 3.8) is 0 Å². The van der Waals surface area contributed by atoms with Gasteiger partial charge in [0.1, 0.15) is 12.3 Å². The molecule has 0 saturated carbocycles. The first kappa shape index (κ1) is 16.0. The van der Waals surface area contributed by atoms with Crippen LogP contribution in [-0.2, 0) is 4.79 Å². The third kappa shape index (κ3) is 2.94. The van der Waals surface area contributed by atoms with Crippen LogP contribution in [0.4, 0.5) is 5.69 Å². The Morgan fingerprint density at radius 2 is 1.95 bits per heavy atom. The molecule has 0 atom stereocenters. The fourth-order valence-electron chi connectivity index (χ4n) is 2.20. The lowest BCUT2D eigenvalue weighted by molar-refractivity contribution is -0.114. The Morgan fingerprint density at radius 1 is 1.23 bits per heavy atom. The summed E-state index contributed by atoms with van der Waals surface area (Å²) in [4.78, 5) is 11.5. The van der Waals surface area contributed by atoms with Crippen LogP contribution < -0.4 is 24.8 Å². The van der Waals surface area contributed by atoms with Crippen LogP contribution in [0.3, 0.4) is 0 Å². The highest BCUT2D eigenvalue weighted by Gasteiger charge is 2.25. The fraction of sp³-hybridized carbons (Fsp3) is 0.400. The zero-order valence-electron chi connectivity index (χ0n) is 13.1. The van der Waals surface area contributed by atoms with Gasteiger partial charge >= 0.3 is 0 Å². The Labute approximate surface area is 128 Å². The molecular formula is C15H20N2O5. The number of amides is 1. The largest absolute Gasteiger partial charge is 0.494 e. The molecule has 0 unspecified atom stereocenters. The summed E-state index contributed by atoms with van der Waals surface area (Å²) >= 11 is 0. The maximum atomic E-state index is 11.5. The Bertz CT molecular complexity index is 665. The van der Waals surface area contributed by atoms with Crippen molar-refractivity contribution in [2.75, 3.05) is 39.7 Å². The standard InChI is InChI=1S/C15H20N2O5/c1-9(18)17-11-12(19-3)10-5-7-21-13(10)15(20-4)14(11)22-8-6-16-2/h5,7,16H,6,8H2,1-4H3,(H,17,18). The van der Waals surface area contributed by atoms with E-state index >= 15 is 0 Å². The van der Waals surface area contributed by atoms with E-state index in [4.69, 9.17) is 18.6 Å². The second-order valence-electron chi connectivity index (χ2n) is 4.57. The van der Waals surface area contributed by atoms with Crippen LogP contribution in [0, 0.1) is 0 Å². The summed E-state index contributed by atoms with van der Waals surface area (Å²) in [7, 11) is 4.87. The molecule has 0 aliphatic rings. The monoisotopic (exact) mass is 308 g/mol. The minimum absolute atomic E-state index is 0.235. The molecule has 0 saturated heterocycles. The van der Waals surface area contributed by atoms with E-state index in [-0.39, 0.29) is 5.91 Å². The van der Waals surface area contributed by atoms with E-state index < -0.39 is 0 Å². The predicted octanol–water partition coefficient (Wildman–Crippen LogP) is 2.01. The van der Waals surface area contributed by atoms with Crippen molar-refractivity contribution >= 4 is 22.6 Å². The maximum absolute atomic E-state index is 11.5. The number of nitrogens with one attached hydrogen (secondary N) is 2. The number of ether oxygens (including phenoxy) is 3. The highest BCUT2D eigenvalue weighted by Crippen LogP contribution is 2.49. The molecule has 0 aliphatic heterocycles. The number of methoxy groups -OCH3 is 2. The van der Waals surface area contributed by atoms with Crippen molar-refractivity contribution in [3.8, 4) is 17.2 Å². The minimum atomic E-state index is -0.235. The zero-order chi connectivity index (χ0) is 16.1. The summed E-state index contributed by atoms with van der Waals surface area (Å²) in [6.45, 7) is 2.46. The number of carbonyl (C=O) groups is 1. The molecule has 0 radical (unpaired) electrons. The van der Waals surface area contributed by atoms with Gasteiger partial charge in [-0.05, 0) is 13.1 Å². The molecule has 1 aromatic heterocycles. The summed E-state index contributed by atoms with van der Waals surface area (Å²) < 4.78 is 22.1. The van der Waals surface area contributed by atoms with E-state index in [0.717, 1.165) is 0 Å². The van der Waals surface area contributed by atoms with E-state index in [1.807, 2.05) is 7.05 Å². The van der Waals surface area contributed by atoms with Gasteiger partial charge in [-0.25, -0.2) is 0 Å². The van der Waals surface area contributed by atoms with Crippen LogP contribution in [0.1, 0.15) is 6.92 Å². The molecule has 7 nitrogen and oxygen atoms in total. The number of carbonyl (C=O) groups excluding carboxylic acids is 1. The maximum Gasteiger partial charge on any atom is 0.221 e. The number of benzene rings is 1. The Kier molecular flexibility index (Phi) is 5.11. The molecule has 0 aliphatic carbocycles. The zero-order valence-corrected chi connectivity index (χ0v) is 13.1. The molecular weight excluding hydrogens is 288 g/mol. The van der Waals surface area contributed by atoms with Gasteiger partial charge in [0.15, 0.2) is 17.1 Å². The van der Waals surface area contributed by atoms with Crippen molar-refractivity contribution in [3.05, 3.63) is 12.3 Å². The van der Waals surface area contributed by atoms with Gasteiger partial charge in [0.05, 0.1) is 25.9 Å². The quantitative estimate of drug-likeness (QED) is 0.761. The Morgan fingerprint density at radius 3 is 2.55 bits per heavy atom. The lowest BCUT2D eigenvalue weighted by Crippen LogP contribution is -2.17. The van der Waals surface area contributed by atoms with Gasteiger partial charge in [-0.15, -0.1) is 0 Å². The van der Waals surface area contributed by atoms with Crippen LogP contribution in [0.25, 0.3) is 11.0 Å². The second-order valence-corrected chi connectivity index (χ2v) is 4.57. The van der Waals surface area contributed by atoms with Crippen LogP contribution in [0.15, 0.2) is 16.7 Å². The van der Waals surface area contributed by atoms with E-state index in [9.17, 15) is 4.79 Å². The molecule has 1 heterocycles. The number of fused-ring (bicyclic) bond motifs is 1. The van der Waals surface area contributed by atoms with Crippen molar-refractivity contribution in [2.45, 2.75) is 6.92 Å². The van der Waals surface area contributed by atoms with Gasteiger partial charge in [0, 0.05) is 13.5 Å². The topological polar surface area (TPSA) is 82.0 Å². The SMILES string of the molecule is CNCCOc1c(NC(C)=O)c(OC)c2ccoc2c1OC. The number of likely N-dealkylation sites (N-methyl/N-ethyl adjacent to an activating group) is 1. The molecule has 7 heteroatoms. The van der Waals surface area contributed by atoms with Gasteiger partial charge in [-0.3, -0.25) is 4.79 Å². The summed E-state index contributed by atoms with van der Waals surface area (Å²) in [5.74, 6) is 1.04. The van der Waals surface area contributed by atoms with Crippen molar-refractivity contribution in [1.82, 2.24) is 5.32 Å². The molecule has 22 heavy (non-hydrogen) atoms. The Balaban J connectivity index is 2.65. The van der Waals surface area contributed by atoms with Gasteiger partial charge in [-0.2, -0.15) is 0 Å². The number of hydrogen-bond donors (Lipinski definition) is 2. The lowest BCUT2D eigenvalue weighted by atomic mass is 10.1. The van der Waals surface area contributed by atoms with E-state index in [0.29, 0.717) is 47.1 Å². The third-order valence-corrected chi connectivity index (χ3v) is 3.08. The number of anilines is 1. The molecule has 2 N–H and O–H groups in total. The first-order valence-electron chi connectivity index (χ1n) is 6.84. The molecule has 2 rings (SSSR count). The average molecular weight is 308 g/mol. The molecule has 120 valence electrons. The molecule has 1 amide bonds. The van der Waals surface area contributed by atoms with Crippen LogP contribution in [0.5, 0.6) is 17.2 Å². The van der Waals surface area contributed by atoms with Gasteiger partial charge in [0.2, 0.25) is 11.7 Å². The van der Waals surface area contributed by atoms with Gasteiger partial charge < -0.3 is 29.3 Å². The third-order valence-electron chi connectivity index (χ3n) is 3.08. The smallest absolute Gasteiger partial charge is 0.221 e. The molecule has 2 aromatic rings. The highest BCUT2D eigenvalue weighted by molar-refractivity contribution is 6.03. The summed E-state index contributed by atoms with van der Waals surface area (Å²) in [6.07, 6.45) is 1.53. The first-order chi connectivity index (χ1) is 10.6. The van der Waals surface area contributed by atoms with Crippen molar-refractivity contribution in [1.29, 1.82) is 0 Å². The summed E-state index contributed by atoms with van der Waals surface area (Å²) in [5.41, 5.74) is 0.935. The molecule has 0 fully saturated rings. The number of furan rings is 1. The second kappa shape index (κ2) is 7.04. The molecule has 0 bridgehead atoms. The van der Waals surface area contributed by atoms with Gasteiger partial charge in [0.25, 0.3) is 0 Å². The number of rotatable bonds is 7. The molecule has 1 aromatic carbocycles. The number of hydrogen-bond acceptors (Lipinski definition) is 6. The van der Waals surface area contributed by atoms with Crippen LogP contribution >= 0.6 is 0 Å². The van der Waals surface area contributed by atoms with Crippen LogP contribution in [-0.4, -0.2) is 40.3 Å². The van der Waals surface area contributed by atoms with E-state index in [1.165, 1.54) is 27.4 Å². The van der Waals surface area contributed by atoms with Crippen molar-refractivity contribution < 1.29 is 23.4 Å². The van der Waals surface area contributed by atoms with Gasteiger partial charge in [-0.1, -0.05) is 0 Å². The molecule has 0 spiro atoms. The van der Waals surface area contributed by atoms with E-state index in [2.05, 4.69) is 10.6 Å². The van der Waals surface area contributed by atoms with E-state index in [1.54, 1.807) is 6.07 Å². The van der Waals surface area contributed by atoms with Crippen molar-refractivity contribution in [2.24, 2.45) is 0 Å². The highest BCUT2D eigenvalue weighted by atomic mass is 16.5. The summed E-state index contributed by atoms with van der Waals surface area (Å²) in [5, 5.41) is 6.43. The Hall–Kier alpha value is -2.41. The first-order valence-corrected chi connectivity index (χ1v) is 6.84. The normalized spacial score (nSPS) is 10.5. The summed E-state index contributed by atoms with van der Waals surface area (Å²) in [6, 6.07) is 1.75. The average Bonchev–Trinajstić information content (AvgIpc) is 2.96. The fourth-order valence-corrected chi connectivity index (χ4v) is 2.20. The predicted molar refractivity (Wildman–Crippen MR) is 83.0 cm³/mol. The lowest BCUT2D eigenvalue weighted by Gasteiger charge is -2.18. The minimum Gasteiger partial charge on any atom is -0.494 e.